The highest BCUT2D eigenvalue weighted by atomic mass is 35.5. The minimum atomic E-state index is -0.950. The van der Waals surface area contributed by atoms with Crippen molar-refractivity contribution in [2.75, 3.05) is 21.3 Å². The normalized spacial score (nSPS) is 16.2. The summed E-state index contributed by atoms with van der Waals surface area (Å²) in [5.74, 6) is 0.215. The highest BCUT2D eigenvalue weighted by Crippen LogP contribution is 2.53. The van der Waals surface area contributed by atoms with Crippen LogP contribution in [0.4, 0.5) is 0 Å². The van der Waals surface area contributed by atoms with Gasteiger partial charge in [0.2, 0.25) is 0 Å². The van der Waals surface area contributed by atoms with Gasteiger partial charge in [-0.1, -0.05) is 18.0 Å². The molecule has 1 aromatic rings. The quantitative estimate of drug-likeness (QED) is 0.906. The lowest BCUT2D eigenvalue weighted by Crippen LogP contribution is -2.42. The summed E-state index contributed by atoms with van der Waals surface area (Å²) in [6, 6.07) is 1.65. The summed E-state index contributed by atoms with van der Waals surface area (Å²) in [4.78, 5) is 11.7. The van der Waals surface area contributed by atoms with Crippen LogP contribution in [0, 0.1) is 0 Å². The largest absolute Gasteiger partial charge is 0.495 e. The van der Waals surface area contributed by atoms with Crippen molar-refractivity contribution in [3.8, 4) is 17.2 Å². The number of hydrogen-bond donors (Lipinski definition) is 1. The van der Waals surface area contributed by atoms with Gasteiger partial charge in [-0.15, -0.1) is 0 Å². The standard InChI is InChI=1S/C14H17ClO5/c1-18-9-7-8(14(13(16)17)5-4-6-14)11(19-2)10(15)12(9)20-3/h7H,4-6H2,1-3H3,(H,16,17). The van der Waals surface area contributed by atoms with Crippen molar-refractivity contribution in [1.82, 2.24) is 0 Å². The SMILES string of the molecule is COc1cc(C2(C(=O)O)CCC2)c(OC)c(Cl)c1OC. The highest BCUT2D eigenvalue weighted by Gasteiger charge is 2.49. The van der Waals surface area contributed by atoms with E-state index in [1.165, 1.54) is 21.3 Å². The van der Waals surface area contributed by atoms with Gasteiger partial charge in [-0.05, 0) is 18.9 Å². The van der Waals surface area contributed by atoms with Gasteiger partial charge in [-0.25, -0.2) is 0 Å². The first-order valence-corrected chi connectivity index (χ1v) is 6.62. The maximum absolute atomic E-state index is 11.7. The fraction of sp³-hybridized carbons (Fsp3) is 0.500. The number of methoxy groups -OCH3 is 3. The second kappa shape index (κ2) is 5.40. The molecular weight excluding hydrogens is 284 g/mol. The van der Waals surface area contributed by atoms with E-state index in [1.807, 2.05) is 0 Å². The Bertz CT molecular complexity index is 537. The van der Waals surface area contributed by atoms with Gasteiger partial charge in [0.15, 0.2) is 11.5 Å². The number of benzene rings is 1. The van der Waals surface area contributed by atoms with Crippen molar-refractivity contribution in [3.63, 3.8) is 0 Å². The second-order valence-corrected chi connectivity index (χ2v) is 5.13. The van der Waals surface area contributed by atoms with Crippen molar-refractivity contribution in [1.29, 1.82) is 0 Å². The molecule has 2 rings (SSSR count). The van der Waals surface area contributed by atoms with Gasteiger partial charge in [-0.3, -0.25) is 4.79 Å². The average molecular weight is 301 g/mol. The third kappa shape index (κ3) is 1.97. The molecule has 0 unspecified atom stereocenters. The van der Waals surface area contributed by atoms with Crippen molar-refractivity contribution < 1.29 is 24.1 Å². The minimum Gasteiger partial charge on any atom is -0.495 e. The van der Waals surface area contributed by atoms with E-state index in [-0.39, 0.29) is 5.02 Å². The van der Waals surface area contributed by atoms with Crippen molar-refractivity contribution in [2.24, 2.45) is 0 Å². The van der Waals surface area contributed by atoms with Crippen LogP contribution in [0.15, 0.2) is 6.07 Å². The number of rotatable bonds is 5. The van der Waals surface area contributed by atoms with E-state index in [1.54, 1.807) is 6.07 Å². The van der Waals surface area contributed by atoms with E-state index in [9.17, 15) is 9.90 Å². The summed E-state index contributed by atoms with van der Waals surface area (Å²) in [7, 11) is 4.42. The first-order chi connectivity index (χ1) is 9.51. The Morgan fingerprint density at radius 1 is 1.20 bits per heavy atom. The molecule has 110 valence electrons. The van der Waals surface area contributed by atoms with Crippen LogP contribution in [0.1, 0.15) is 24.8 Å². The number of carbonyl (C=O) groups is 1. The molecule has 1 N–H and O–H groups in total. The van der Waals surface area contributed by atoms with E-state index >= 15 is 0 Å². The van der Waals surface area contributed by atoms with E-state index < -0.39 is 11.4 Å². The zero-order valence-corrected chi connectivity index (χ0v) is 12.4. The summed E-state index contributed by atoms with van der Waals surface area (Å²) < 4.78 is 15.8. The van der Waals surface area contributed by atoms with Gasteiger partial charge >= 0.3 is 5.97 Å². The lowest BCUT2D eigenvalue weighted by molar-refractivity contribution is -0.147. The Kier molecular flexibility index (Phi) is 3.99. The van der Waals surface area contributed by atoms with E-state index in [0.29, 0.717) is 35.7 Å². The minimum absolute atomic E-state index is 0.233. The molecule has 1 aliphatic carbocycles. The number of carboxylic acids is 1. The number of aliphatic carboxylic acids is 1. The molecule has 0 atom stereocenters. The van der Waals surface area contributed by atoms with Crippen LogP contribution in [-0.2, 0) is 10.2 Å². The summed E-state index contributed by atoms with van der Waals surface area (Å²) in [5.41, 5.74) is -0.407. The Morgan fingerprint density at radius 2 is 1.80 bits per heavy atom. The summed E-state index contributed by atoms with van der Waals surface area (Å²) in [6.07, 6.45) is 1.98. The maximum atomic E-state index is 11.7. The van der Waals surface area contributed by atoms with Gasteiger partial charge < -0.3 is 19.3 Å². The molecule has 5 nitrogen and oxygen atoms in total. The van der Waals surface area contributed by atoms with Crippen LogP contribution >= 0.6 is 11.6 Å². The topological polar surface area (TPSA) is 65.0 Å². The summed E-state index contributed by atoms with van der Waals surface area (Å²) in [6.45, 7) is 0. The zero-order valence-electron chi connectivity index (χ0n) is 11.7. The number of hydrogen-bond acceptors (Lipinski definition) is 4. The molecule has 0 heterocycles. The molecule has 1 saturated carbocycles. The van der Waals surface area contributed by atoms with Crippen molar-refractivity contribution in [3.05, 3.63) is 16.7 Å². The molecule has 0 spiro atoms. The van der Waals surface area contributed by atoms with Crippen LogP contribution in [0.3, 0.4) is 0 Å². The molecule has 0 radical (unpaired) electrons. The first-order valence-electron chi connectivity index (χ1n) is 6.24. The fourth-order valence-electron chi connectivity index (χ4n) is 2.62. The molecule has 0 aromatic heterocycles. The van der Waals surface area contributed by atoms with Crippen molar-refractivity contribution >= 4 is 17.6 Å². The van der Waals surface area contributed by atoms with E-state index in [4.69, 9.17) is 25.8 Å². The molecule has 1 fully saturated rings. The smallest absolute Gasteiger partial charge is 0.314 e. The zero-order chi connectivity index (χ0) is 14.9. The molecule has 0 amide bonds. The molecule has 0 aliphatic heterocycles. The molecule has 6 heteroatoms. The molecular formula is C14H17ClO5. The summed E-state index contributed by atoms with van der Waals surface area (Å²) >= 11 is 6.27. The fourth-order valence-corrected chi connectivity index (χ4v) is 2.97. The van der Waals surface area contributed by atoms with Crippen LogP contribution in [0.5, 0.6) is 17.2 Å². The lowest BCUT2D eigenvalue weighted by atomic mass is 9.64. The molecule has 20 heavy (non-hydrogen) atoms. The van der Waals surface area contributed by atoms with Crippen LogP contribution in [0.2, 0.25) is 5.02 Å². The second-order valence-electron chi connectivity index (χ2n) is 4.75. The monoisotopic (exact) mass is 300 g/mol. The van der Waals surface area contributed by atoms with Gasteiger partial charge in [0, 0.05) is 5.56 Å². The van der Waals surface area contributed by atoms with Crippen LogP contribution in [0.25, 0.3) is 0 Å². The molecule has 0 bridgehead atoms. The van der Waals surface area contributed by atoms with Crippen LogP contribution in [-0.4, -0.2) is 32.4 Å². The molecule has 1 aromatic carbocycles. The predicted octanol–water partition coefficient (Wildman–Crippen LogP) is 2.87. The van der Waals surface area contributed by atoms with Crippen molar-refractivity contribution in [2.45, 2.75) is 24.7 Å². The third-order valence-electron chi connectivity index (χ3n) is 3.90. The highest BCUT2D eigenvalue weighted by molar-refractivity contribution is 6.34. The Hall–Kier alpha value is -1.62. The average Bonchev–Trinajstić information content (AvgIpc) is 2.36. The predicted molar refractivity (Wildman–Crippen MR) is 74.3 cm³/mol. The van der Waals surface area contributed by atoms with Gasteiger partial charge in [0.1, 0.15) is 10.8 Å². The van der Waals surface area contributed by atoms with E-state index in [2.05, 4.69) is 0 Å². The Balaban J connectivity index is 2.69. The number of carboxylic acid groups (broad SMARTS) is 1. The van der Waals surface area contributed by atoms with Gasteiger partial charge in [0.25, 0.3) is 0 Å². The first kappa shape index (κ1) is 14.8. The molecule has 0 saturated heterocycles. The van der Waals surface area contributed by atoms with Gasteiger partial charge in [-0.2, -0.15) is 0 Å². The van der Waals surface area contributed by atoms with Crippen LogP contribution < -0.4 is 14.2 Å². The molecule has 1 aliphatic rings. The summed E-state index contributed by atoms with van der Waals surface area (Å²) in [5, 5.41) is 9.80. The van der Waals surface area contributed by atoms with E-state index in [0.717, 1.165) is 6.42 Å². The maximum Gasteiger partial charge on any atom is 0.314 e. The third-order valence-corrected chi connectivity index (χ3v) is 4.25. The van der Waals surface area contributed by atoms with Gasteiger partial charge in [0.05, 0.1) is 26.7 Å². The Morgan fingerprint density at radius 3 is 2.15 bits per heavy atom. The number of ether oxygens (including phenoxy) is 3. The lowest BCUT2D eigenvalue weighted by Gasteiger charge is -2.39. The Labute approximate surface area is 122 Å². The number of halogens is 1.